The highest BCUT2D eigenvalue weighted by atomic mass is 16.2. The van der Waals surface area contributed by atoms with E-state index < -0.39 is 0 Å². The second kappa shape index (κ2) is 6.70. The number of nitrogens with one attached hydrogen (secondary N) is 2. The first-order valence-corrected chi connectivity index (χ1v) is 6.59. The molecule has 2 heterocycles. The largest absolute Gasteiger partial charge is 0.334 e. The molecule has 2 unspecified atom stereocenters. The van der Waals surface area contributed by atoms with Crippen LogP contribution in [0, 0.1) is 0 Å². The van der Waals surface area contributed by atoms with E-state index in [1.54, 1.807) is 23.3 Å². The SMILES string of the molecule is CC(Cn1cccn1)NC(=O)NC(C)c1ccncc1. The molecular formula is C14H19N5O. The maximum Gasteiger partial charge on any atom is 0.315 e. The van der Waals surface area contributed by atoms with Gasteiger partial charge < -0.3 is 10.6 Å². The smallest absolute Gasteiger partial charge is 0.315 e. The number of hydrogen-bond acceptors (Lipinski definition) is 3. The number of carbonyl (C=O) groups is 1. The molecule has 0 aromatic carbocycles. The molecule has 0 saturated carbocycles. The van der Waals surface area contributed by atoms with Gasteiger partial charge in [0.1, 0.15) is 0 Å². The molecule has 0 aliphatic carbocycles. The molecular weight excluding hydrogens is 254 g/mol. The van der Waals surface area contributed by atoms with Crippen LogP contribution in [0.3, 0.4) is 0 Å². The Morgan fingerprint density at radius 3 is 2.65 bits per heavy atom. The number of rotatable bonds is 5. The van der Waals surface area contributed by atoms with Gasteiger partial charge in [-0.3, -0.25) is 9.67 Å². The molecule has 6 nitrogen and oxygen atoms in total. The summed E-state index contributed by atoms with van der Waals surface area (Å²) in [4.78, 5) is 15.9. The van der Waals surface area contributed by atoms with E-state index in [9.17, 15) is 4.79 Å². The van der Waals surface area contributed by atoms with Gasteiger partial charge in [-0.1, -0.05) is 0 Å². The van der Waals surface area contributed by atoms with Crippen LogP contribution in [-0.2, 0) is 6.54 Å². The highest BCUT2D eigenvalue weighted by molar-refractivity contribution is 5.74. The highest BCUT2D eigenvalue weighted by Gasteiger charge is 2.11. The van der Waals surface area contributed by atoms with Crippen LogP contribution in [0.1, 0.15) is 25.5 Å². The molecule has 106 valence electrons. The van der Waals surface area contributed by atoms with Gasteiger partial charge in [0.15, 0.2) is 0 Å². The van der Waals surface area contributed by atoms with Crippen molar-refractivity contribution in [1.82, 2.24) is 25.4 Å². The lowest BCUT2D eigenvalue weighted by atomic mass is 10.1. The maximum atomic E-state index is 11.9. The van der Waals surface area contributed by atoms with E-state index in [-0.39, 0.29) is 18.1 Å². The predicted octanol–water partition coefficient (Wildman–Crippen LogP) is 1.73. The highest BCUT2D eigenvalue weighted by Crippen LogP contribution is 2.09. The molecule has 2 rings (SSSR count). The van der Waals surface area contributed by atoms with Crippen molar-refractivity contribution in [3.8, 4) is 0 Å². The van der Waals surface area contributed by atoms with Crippen molar-refractivity contribution in [2.75, 3.05) is 0 Å². The van der Waals surface area contributed by atoms with E-state index in [0.29, 0.717) is 6.54 Å². The zero-order valence-corrected chi connectivity index (χ0v) is 11.7. The lowest BCUT2D eigenvalue weighted by Gasteiger charge is -2.18. The topological polar surface area (TPSA) is 71.8 Å². The second-order valence-corrected chi connectivity index (χ2v) is 4.75. The van der Waals surface area contributed by atoms with E-state index >= 15 is 0 Å². The molecule has 20 heavy (non-hydrogen) atoms. The Kier molecular flexibility index (Phi) is 4.70. The van der Waals surface area contributed by atoms with Gasteiger partial charge in [0.05, 0.1) is 12.6 Å². The van der Waals surface area contributed by atoms with E-state index in [1.807, 2.05) is 38.2 Å². The third-order valence-corrected chi connectivity index (χ3v) is 2.95. The first-order chi connectivity index (χ1) is 9.65. The average molecular weight is 273 g/mol. The summed E-state index contributed by atoms with van der Waals surface area (Å²) in [6.07, 6.45) is 7.02. The minimum absolute atomic E-state index is 0.000426. The predicted molar refractivity (Wildman–Crippen MR) is 76.0 cm³/mol. The Labute approximate surface area is 118 Å². The van der Waals surface area contributed by atoms with Gasteiger partial charge in [-0.25, -0.2) is 4.79 Å². The zero-order chi connectivity index (χ0) is 14.4. The van der Waals surface area contributed by atoms with Crippen LogP contribution in [0.2, 0.25) is 0 Å². The fourth-order valence-corrected chi connectivity index (χ4v) is 1.93. The summed E-state index contributed by atoms with van der Waals surface area (Å²) in [5.74, 6) is 0. The van der Waals surface area contributed by atoms with Crippen LogP contribution in [0.15, 0.2) is 43.0 Å². The van der Waals surface area contributed by atoms with Crippen LogP contribution in [0.5, 0.6) is 0 Å². The van der Waals surface area contributed by atoms with Crippen molar-refractivity contribution in [1.29, 1.82) is 0 Å². The van der Waals surface area contributed by atoms with Crippen LogP contribution >= 0.6 is 0 Å². The standard InChI is InChI=1S/C14H19N5O/c1-11(10-19-9-3-6-16-19)17-14(20)18-12(2)13-4-7-15-8-5-13/h3-9,11-12H,10H2,1-2H3,(H2,17,18,20). The third-order valence-electron chi connectivity index (χ3n) is 2.95. The number of aromatic nitrogens is 3. The molecule has 0 saturated heterocycles. The summed E-state index contributed by atoms with van der Waals surface area (Å²) in [6, 6.07) is 5.39. The van der Waals surface area contributed by atoms with Crippen molar-refractivity contribution in [2.24, 2.45) is 0 Å². The van der Waals surface area contributed by atoms with Crippen molar-refractivity contribution in [3.05, 3.63) is 48.5 Å². The summed E-state index contributed by atoms with van der Waals surface area (Å²) >= 11 is 0. The first kappa shape index (κ1) is 14.0. The maximum absolute atomic E-state index is 11.9. The Balaban J connectivity index is 1.80. The van der Waals surface area contributed by atoms with Crippen LogP contribution < -0.4 is 10.6 Å². The minimum atomic E-state index is -0.186. The molecule has 2 amide bonds. The normalized spacial score (nSPS) is 13.5. The van der Waals surface area contributed by atoms with Gasteiger partial charge in [0, 0.05) is 30.8 Å². The summed E-state index contributed by atoms with van der Waals surface area (Å²) < 4.78 is 1.79. The van der Waals surface area contributed by atoms with Crippen molar-refractivity contribution < 1.29 is 4.79 Å². The molecule has 0 radical (unpaired) electrons. The number of amides is 2. The van der Waals surface area contributed by atoms with Crippen molar-refractivity contribution in [3.63, 3.8) is 0 Å². The van der Waals surface area contributed by atoms with Gasteiger partial charge in [-0.2, -0.15) is 5.10 Å². The zero-order valence-electron chi connectivity index (χ0n) is 11.7. The van der Waals surface area contributed by atoms with E-state index in [4.69, 9.17) is 0 Å². The molecule has 2 aromatic rings. The van der Waals surface area contributed by atoms with E-state index in [2.05, 4.69) is 20.7 Å². The summed E-state index contributed by atoms with van der Waals surface area (Å²) in [7, 11) is 0. The minimum Gasteiger partial charge on any atom is -0.334 e. The van der Waals surface area contributed by atoms with Crippen molar-refractivity contribution in [2.45, 2.75) is 32.5 Å². The number of pyridine rings is 1. The quantitative estimate of drug-likeness (QED) is 0.871. The Bertz CT molecular complexity index is 526. The van der Waals surface area contributed by atoms with Crippen LogP contribution in [-0.4, -0.2) is 26.8 Å². The molecule has 2 atom stereocenters. The number of hydrogen-bond donors (Lipinski definition) is 2. The number of nitrogens with zero attached hydrogens (tertiary/aromatic N) is 3. The Morgan fingerprint density at radius 2 is 2.00 bits per heavy atom. The Hall–Kier alpha value is -2.37. The fourth-order valence-electron chi connectivity index (χ4n) is 1.93. The fraction of sp³-hybridized carbons (Fsp3) is 0.357. The molecule has 6 heteroatoms. The summed E-state index contributed by atoms with van der Waals surface area (Å²) in [5.41, 5.74) is 1.02. The van der Waals surface area contributed by atoms with Gasteiger partial charge in [0.25, 0.3) is 0 Å². The van der Waals surface area contributed by atoms with Crippen LogP contribution in [0.25, 0.3) is 0 Å². The Morgan fingerprint density at radius 1 is 1.25 bits per heavy atom. The van der Waals surface area contributed by atoms with Gasteiger partial charge in [0.2, 0.25) is 0 Å². The molecule has 0 fully saturated rings. The van der Waals surface area contributed by atoms with Gasteiger partial charge in [-0.05, 0) is 37.6 Å². The monoisotopic (exact) mass is 273 g/mol. The number of urea groups is 1. The lowest BCUT2D eigenvalue weighted by Crippen LogP contribution is -2.43. The van der Waals surface area contributed by atoms with E-state index in [1.165, 1.54) is 0 Å². The van der Waals surface area contributed by atoms with Crippen LogP contribution in [0.4, 0.5) is 4.79 Å². The molecule has 2 N–H and O–H groups in total. The molecule has 2 aromatic heterocycles. The molecule has 0 aliphatic rings. The second-order valence-electron chi connectivity index (χ2n) is 4.75. The van der Waals surface area contributed by atoms with Crippen molar-refractivity contribution >= 4 is 6.03 Å². The van der Waals surface area contributed by atoms with Gasteiger partial charge >= 0.3 is 6.03 Å². The summed E-state index contributed by atoms with van der Waals surface area (Å²) in [6.45, 7) is 4.52. The summed E-state index contributed by atoms with van der Waals surface area (Å²) in [5, 5.41) is 9.90. The molecule has 0 aliphatic heterocycles. The molecule has 0 spiro atoms. The van der Waals surface area contributed by atoms with Gasteiger partial charge in [-0.15, -0.1) is 0 Å². The van der Waals surface area contributed by atoms with E-state index in [0.717, 1.165) is 5.56 Å². The number of carbonyl (C=O) groups excluding carboxylic acids is 1. The third kappa shape index (κ3) is 4.08. The average Bonchev–Trinajstić information content (AvgIpc) is 2.92. The molecule has 0 bridgehead atoms. The lowest BCUT2D eigenvalue weighted by molar-refractivity contribution is 0.233. The first-order valence-electron chi connectivity index (χ1n) is 6.59.